The van der Waals surface area contributed by atoms with Crippen molar-refractivity contribution in [2.45, 2.75) is 63.8 Å². The van der Waals surface area contributed by atoms with Crippen molar-refractivity contribution in [3.05, 3.63) is 52.9 Å². The molecule has 1 aromatic carbocycles. The van der Waals surface area contributed by atoms with Crippen LogP contribution in [0.2, 0.25) is 0 Å². The average molecular weight is 312 g/mol. The summed E-state index contributed by atoms with van der Waals surface area (Å²) in [7, 11) is 0. The lowest BCUT2D eigenvalue weighted by molar-refractivity contribution is -0.0606. The molecule has 4 nitrogen and oxygen atoms in total. The number of hydrogen-bond acceptors (Lipinski definition) is 4. The van der Waals surface area contributed by atoms with Gasteiger partial charge >= 0.3 is 0 Å². The van der Waals surface area contributed by atoms with Crippen molar-refractivity contribution in [1.82, 2.24) is 10.1 Å². The third-order valence-corrected chi connectivity index (χ3v) is 5.62. The molecule has 0 aliphatic carbocycles. The zero-order chi connectivity index (χ0) is 16.0. The molecule has 2 atom stereocenters. The largest absolute Gasteiger partial charge is 0.385 e. The van der Waals surface area contributed by atoms with Gasteiger partial charge in [0.25, 0.3) is 0 Å². The van der Waals surface area contributed by atoms with Crippen LogP contribution in [0, 0.1) is 13.8 Å². The second kappa shape index (κ2) is 5.46. The summed E-state index contributed by atoms with van der Waals surface area (Å²) in [5.74, 6) is 0.765. The van der Waals surface area contributed by atoms with Crippen molar-refractivity contribution >= 4 is 0 Å². The molecule has 2 aliphatic rings. The maximum Gasteiger partial charge on any atom is 0.140 e. The summed E-state index contributed by atoms with van der Waals surface area (Å²) in [6.07, 6.45) is 3.89. The van der Waals surface area contributed by atoms with Gasteiger partial charge in [0.1, 0.15) is 5.76 Å². The van der Waals surface area contributed by atoms with E-state index in [1.807, 2.05) is 13.8 Å². The van der Waals surface area contributed by atoms with E-state index in [4.69, 9.17) is 4.52 Å². The minimum atomic E-state index is -0.785. The van der Waals surface area contributed by atoms with Gasteiger partial charge in [-0.1, -0.05) is 35.5 Å². The van der Waals surface area contributed by atoms with Crippen LogP contribution in [0.15, 0.2) is 34.9 Å². The molecule has 2 saturated heterocycles. The van der Waals surface area contributed by atoms with Gasteiger partial charge in [-0.05, 0) is 45.1 Å². The fourth-order valence-corrected chi connectivity index (χ4v) is 4.72. The molecule has 0 radical (unpaired) electrons. The molecule has 2 unspecified atom stereocenters. The minimum absolute atomic E-state index is 0.438. The zero-order valence-electron chi connectivity index (χ0n) is 13.8. The van der Waals surface area contributed by atoms with Crippen LogP contribution in [0.4, 0.5) is 0 Å². The first-order valence-electron chi connectivity index (χ1n) is 8.52. The van der Waals surface area contributed by atoms with E-state index in [-0.39, 0.29) is 0 Å². The van der Waals surface area contributed by atoms with E-state index in [1.165, 1.54) is 18.4 Å². The van der Waals surface area contributed by atoms with Gasteiger partial charge in [-0.15, -0.1) is 0 Å². The summed E-state index contributed by atoms with van der Waals surface area (Å²) >= 11 is 0. The third-order valence-electron chi connectivity index (χ3n) is 5.62. The van der Waals surface area contributed by atoms with Gasteiger partial charge in [0.05, 0.1) is 11.3 Å². The molecule has 2 bridgehead atoms. The molecule has 23 heavy (non-hydrogen) atoms. The molecule has 0 amide bonds. The summed E-state index contributed by atoms with van der Waals surface area (Å²) < 4.78 is 5.30. The van der Waals surface area contributed by atoms with Gasteiger partial charge in [0.15, 0.2) is 0 Å². The predicted octanol–water partition coefficient (Wildman–Crippen LogP) is 3.31. The molecule has 2 aromatic rings. The molecule has 2 fully saturated rings. The highest BCUT2D eigenvalue weighted by Gasteiger charge is 2.50. The second-order valence-electron chi connectivity index (χ2n) is 7.18. The van der Waals surface area contributed by atoms with Crippen LogP contribution in [0.25, 0.3) is 0 Å². The van der Waals surface area contributed by atoms with Crippen molar-refractivity contribution in [3.63, 3.8) is 0 Å². The molecule has 3 heterocycles. The van der Waals surface area contributed by atoms with E-state index in [2.05, 4.69) is 40.4 Å². The SMILES string of the molecule is Cc1noc(C)c1C1(O)CC2CCC(C1)N2Cc1ccccc1. The first-order chi connectivity index (χ1) is 11.1. The van der Waals surface area contributed by atoms with Gasteiger partial charge < -0.3 is 9.63 Å². The van der Waals surface area contributed by atoms with E-state index in [1.54, 1.807) is 0 Å². The lowest BCUT2D eigenvalue weighted by atomic mass is 9.79. The third kappa shape index (κ3) is 2.50. The van der Waals surface area contributed by atoms with Crippen LogP contribution in [0.1, 0.15) is 48.3 Å². The summed E-state index contributed by atoms with van der Waals surface area (Å²) in [6.45, 7) is 4.82. The van der Waals surface area contributed by atoms with Crippen molar-refractivity contribution in [3.8, 4) is 0 Å². The Bertz CT molecular complexity index is 661. The first-order valence-corrected chi connectivity index (χ1v) is 8.52. The van der Waals surface area contributed by atoms with Gasteiger partial charge in [-0.25, -0.2) is 0 Å². The summed E-state index contributed by atoms with van der Waals surface area (Å²) in [5, 5.41) is 15.4. The quantitative estimate of drug-likeness (QED) is 0.944. The van der Waals surface area contributed by atoms with E-state index >= 15 is 0 Å². The van der Waals surface area contributed by atoms with Crippen molar-refractivity contribution in [2.75, 3.05) is 0 Å². The Hall–Kier alpha value is -1.65. The highest BCUT2D eigenvalue weighted by molar-refractivity contribution is 5.30. The second-order valence-corrected chi connectivity index (χ2v) is 7.18. The molecular formula is C19H24N2O2. The number of rotatable bonds is 3. The van der Waals surface area contributed by atoms with Crippen LogP contribution in [0.5, 0.6) is 0 Å². The average Bonchev–Trinajstić information content (AvgIpc) is 2.99. The molecule has 1 aromatic heterocycles. The maximum atomic E-state index is 11.3. The molecule has 0 saturated carbocycles. The summed E-state index contributed by atoms with van der Waals surface area (Å²) in [4.78, 5) is 2.59. The molecule has 2 aliphatic heterocycles. The topological polar surface area (TPSA) is 49.5 Å². The standard InChI is InChI=1S/C19H24N2O2/c1-13-18(14(2)23-20-13)19(22)10-16-8-9-17(11-19)21(16)12-15-6-4-3-5-7-15/h3-7,16-17,22H,8-12H2,1-2H3. The predicted molar refractivity (Wildman–Crippen MR) is 87.9 cm³/mol. The maximum absolute atomic E-state index is 11.3. The number of hydrogen-bond donors (Lipinski definition) is 1. The first kappa shape index (κ1) is 14.9. The lowest BCUT2D eigenvalue weighted by Crippen LogP contribution is -2.49. The number of fused-ring (bicyclic) bond motifs is 2. The number of aromatic nitrogens is 1. The molecule has 0 spiro atoms. The fourth-order valence-electron chi connectivity index (χ4n) is 4.72. The summed E-state index contributed by atoms with van der Waals surface area (Å²) in [6, 6.07) is 11.5. The van der Waals surface area contributed by atoms with Gasteiger partial charge in [0.2, 0.25) is 0 Å². The Morgan fingerprint density at radius 3 is 2.39 bits per heavy atom. The zero-order valence-corrected chi connectivity index (χ0v) is 13.8. The summed E-state index contributed by atoms with van der Waals surface area (Å²) in [5.41, 5.74) is 2.33. The lowest BCUT2D eigenvalue weighted by Gasteiger charge is -2.44. The van der Waals surface area contributed by atoms with Crippen LogP contribution < -0.4 is 0 Å². The highest BCUT2D eigenvalue weighted by atomic mass is 16.5. The molecule has 122 valence electrons. The highest BCUT2D eigenvalue weighted by Crippen LogP contribution is 2.47. The Labute approximate surface area is 137 Å². The molecule has 4 rings (SSSR count). The Balaban J connectivity index is 1.58. The number of benzene rings is 1. The van der Waals surface area contributed by atoms with Gasteiger partial charge in [-0.2, -0.15) is 0 Å². The Kier molecular flexibility index (Phi) is 3.54. The number of nitrogens with zero attached hydrogens (tertiary/aromatic N) is 2. The van der Waals surface area contributed by atoms with E-state index in [0.29, 0.717) is 12.1 Å². The monoisotopic (exact) mass is 312 g/mol. The van der Waals surface area contributed by atoms with Crippen LogP contribution in [-0.2, 0) is 12.1 Å². The molecular weight excluding hydrogens is 288 g/mol. The minimum Gasteiger partial charge on any atom is -0.385 e. The fraction of sp³-hybridized carbons (Fsp3) is 0.526. The number of piperidine rings is 1. The van der Waals surface area contributed by atoms with E-state index < -0.39 is 5.60 Å². The van der Waals surface area contributed by atoms with Crippen LogP contribution in [0.3, 0.4) is 0 Å². The Morgan fingerprint density at radius 2 is 1.83 bits per heavy atom. The Morgan fingerprint density at radius 1 is 1.17 bits per heavy atom. The van der Waals surface area contributed by atoms with Gasteiger partial charge in [0, 0.05) is 24.2 Å². The van der Waals surface area contributed by atoms with Crippen LogP contribution in [-0.4, -0.2) is 27.2 Å². The van der Waals surface area contributed by atoms with E-state index in [9.17, 15) is 5.11 Å². The van der Waals surface area contributed by atoms with Crippen molar-refractivity contribution < 1.29 is 9.63 Å². The molecule has 4 heteroatoms. The number of aliphatic hydroxyl groups is 1. The smallest absolute Gasteiger partial charge is 0.140 e. The van der Waals surface area contributed by atoms with Gasteiger partial charge in [-0.3, -0.25) is 4.90 Å². The van der Waals surface area contributed by atoms with Crippen molar-refractivity contribution in [1.29, 1.82) is 0 Å². The number of aryl methyl sites for hydroxylation is 2. The molecule has 1 N–H and O–H groups in total. The van der Waals surface area contributed by atoms with Crippen molar-refractivity contribution in [2.24, 2.45) is 0 Å². The van der Waals surface area contributed by atoms with Crippen LogP contribution >= 0.6 is 0 Å². The van der Waals surface area contributed by atoms with E-state index in [0.717, 1.165) is 36.4 Å². The normalized spacial score (nSPS) is 30.7.